The van der Waals surface area contributed by atoms with Crippen LogP contribution in [0.1, 0.15) is 22.3 Å². The van der Waals surface area contributed by atoms with Gasteiger partial charge in [0.25, 0.3) is 0 Å². The second kappa shape index (κ2) is 5.56. The fourth-order valence-electron chi connectivity index (χ4n) is 3.75. The molecule has 1 atom stereocenters. The first-order valence-electron chi connectivity index (χ1n) is 8.18. The molecule has 0 aliphatic carbocycles. The van der Waals surface area contributed by atoms with E-state index in [1.165, 1.54) is 6.07 Å². The molecule has 0 radical (unpaired) electrons. The third kappa shape index (κ3) is 2.19. The van der Waals surface area contributed by atoms with Crippen molar-refractivity contribution in [2.45, 2.75) is 12.1 Å². The number of fused-ring (bicyclic) bond motifs is 4. The number of alkyl halides is 1. The summed E-state index contributed by atoms with van der Waals surface area (Å²) in [7, 11) is 0. The van der Waals surface area contributed by atoms with Crippen LogP contribution in [0.3, 0.4) is 0 Å². The summed E-state index contributed by atoms with van der Waals surface area (Å²) >= 11 is 4.29. The Hall–Kier alpha value is -1.87. The van der Waals surface area contributed by atoms with Gasteiger partial charge in [-0.3, -0.25) is 0 Å². The van der Waals surface area contributed by atoms with E-state index in [0.717, 1.165) is 3.57 Å². The first kappa shape index (κ1) is 16.3. The summed E-state index contributed by atoms with van der Waals surface area (Å²) in [6.07, 6.45) is 0.634. The van der Waals surface area contributed by atoms with Crippen LogP contribution in [-0.2, 0) is 0 Å². The van der Waals surface area contributed by atoms with Gasteiger partial charge in [-0.1, -0.05) is 0 Å². The second-order valence-corrected chi connectivity index (χ2v) is 11.9. The van der Waals surface area contributed by atoms with E-state index in [0.29, 0.717) is 39.2 Å². The molecule has 2 aromatic carbocycles. The molecule has 0 bridgehead atoms. The van der Waals surface area contributed by atoms with Crippen LogP contribution in [0.25, 0.3) is 0 Å². The number of nitrogens with two attached hydrogens (primary N) is 1. The zero-order valence-electron chi connectivity index (χ0n) is 13.6. The topological polar surface area (TPSA) is 70.7 Å². The quantitative estimate of drug-likeness (QED) is 0.342. The molecule has 3 aliphatic rings. The summed E-state index contributed by atoms with van der Waals surface area (Å²) in [6, 6.07) is 10.5. The molecular formula is C18H15ClFIN4O. The van der Waals surface area contributed by atoms with Crippen molar-refractivity contribution in [1.82, 2.24) is 3.11 Å². The standard InChI is InChI=1S/C18H15ClFIN4O/c19-10-3-1-5-12-14(10)17(26)25-8-7-18(9-21(12)25)23-13-6-2-4-11(20)15(13)16(22)24-18/h1-6,23H,7-9H2,(H2,22,24). The van der Waals surface area contributed by atoms with Gasteiger partial charge in [-0.05, 0) is 0 Å². The number of nitrogens with zero attached hydrogens (tertiary/aromatic N) is 2. The predicted molar refractivity (Wildman–Crippen MR) is 108 cm³/mol. The van der Waals surface area contributed by atoms with Crippen LogP contribution in [0.2, 0.25) is 5.02 Å². The van der Waals surface area contributed by atoms with Crippen molar-refractivity contribution in [3.63, 3.8) is 0 Å². The first-order chi connectivity index (χ1) is 12.5. The van der Waals surface area contributed by atoms with Crippen LogP contribution in [0.5, 0.6) is 0 Å². The summed E-state index contributed by atoms with van der Waals surface area (Å²) in [5, 5.41) is 3.93. The average Bonchev–Trinajstić information content (AvgIpc) is 2.87. The third-order valence-electron chi connectivity index (χ3n) is 4.92. The van der Waals surface area contributed by atoms with Gasteiger partial charge in [0.15, 0.2) is 0 Å². The van der Waals surface area contributed by atoms with Crippen LogP contribution in [0.4, 0.5) is 10.1 Å². The predicted octanol–water partition coefficient (Wildman–Crippen LogP) is 3.46. The Labute approximate surface area is 162 Å². The number of carbonyl (C=O) groups is 1. The number of hydrogen-bond donors (Lipinski definition) is 2. The summed E-state index contributed by atoms with van der Waals surface area (Å²) in [4.78, 5) is 17.4. The molecule has 5 rings (SSSR count). The van der Waals surface area contributed by atoms with Crippen molar-refractivity contribution >= 4 is 49.1 Å². The van der Waals surface area contributed by atoms with Gasteiger partial charge in [-0.2, -0.15) is 0 Å². The number of nitrogens with one attached hydrogen (secondary N) is 1. The van der Waals surface area contributed by atoms with Gasteiger partial charge in [0, 0.05) is 0 Å². The number of amides is 1. The summed E-state index contributed by atoms with van der Waals surface area (Å²) in [6.45, 7) is 0.600. The van der Waals surface area contributed by atoms with Crippen molar-refractivity contribution < 1.29 is 9.18 Å². The maximum absolute atomic E-state index is 14.1. The number of benzene rings is 2. The third-order valence-corrected chi connectivity index (χ3v) is 11.8. The molecule has 1 amide bonds. The number of carbonyl (C=O) groups excluding carboxylic acids is 1. The van der Waals surface area contributed by atoms with Gasteiger partial charge in [-0.15, -0.1) is 0 Å². The molecule has 0 saturated carbocycles. The maximum atomic E-state index is 14.1. The number of rotatable bonds is 0. The van der Waals surface area contributed by atoms with Gasteiger partial charge in [0.2, 0.25) is 0 Å². The molecule has 1 spiro atoms. The van der Waals surface area contributed by atoms with Crippen LogP contribution >= 0.6 is 31.7 Å². The summed E-state index contributed by atoms with van der Waals surface area (Å²) in [5.74, 6) is -0.126. The van der Waals surface area contributed by atoms with Crippen molar-refractivity contribution in [2.75, 3.05) is 16.3 Å². The van der Waals surface area contributed by atoms with E-state index < -0.39 is 25.8 Å². The molecule has 1 unspecified atom stereocenters. The molecule has 3 heterocycles. The van der Waals surface area contributed by atoms with Crippen molar-refractivity contribution in [3.05, 3.63) is 61.9 Å². The van der Waals surface area contributed by atoms with Gasteiger partial charge in [0.1, 0.15) is 0 Å². The molecule has 5 nitrogen and oxygen atoms in total. The molecule has 0 aromatic heterocycles. The first-order valence-corrected chi connectivity index (χ1v) is 12.1. The van der Waals surface area contributed by atoms with Gasteiger partial charge < -0.3 is 0 Å². The average molecular weight is 485 g/mol. The number of hydrogen-bond acceptors (Lipinski definition) is 4. The van der Waals surface area contributed by atoms with E-state index in [-0.39, 0.29) is 17.6 Å². The molecule has 26 heavy (non-hydrogen) atoms. The number of amidine groups is 1. The monoisotopic (exact) mass is 484 g/mol. The number of anilines is 1. The Morgan fingerprint density at radius 3 is 2.92 bits per heavy atom. The van der Waals surface area contributed by atoms with Crippen LogP contribution < -0.4 is 11.1 Å². The molecular weight excluding hydrogens is 470 g/mol. The molecule has 8 heteroatoms. The Bertz CT molecular complexity index is 997. The van der Waals surface area contributed by atoms with E-state index in [2.05, 4.69) is 10.3 Å². The zero-order chi connectivity index (χ0) is 18.1. The van der Waals surface area contributed by atoms with Crippen LogP contribution in [-0.4, -0.2) is 31.5 Å². The molecule has 2 aromatic rings. The van der Waals surface area contributed by atoms with Gasteiger partial charge >= 0.3 is 162 Å². The van der Waals surface area contributed by atoms with Crippen LogP contribution in [0.15, 0.2) is 41.4 Å². The minimum atomic E-state index is -2.00. The van der Waals surface area contributed by atoms with E-state index in [1.807, 2.05) is 21.3 Å². The van der Waals surface area contributed by atoms with E-state index in [4.69, 9.17) is 17.3 Å². The fourth-order valence-corrected chi connectivity index (χ4v) is 10.9. The Kier molecular flexibility index (Phi) is 3.49. The van der Waals surface area contributed by atoms with E-state index in [1.54, 1.807) is 12.1 Å². The van der Waals surface area contributed by atoms with E-state index >= 15 is 0 Å². The van der Waals surface area contributed by atoms with Crippen molar-refractivity contribution in [3.8, 4) is 0 Å². The van der Waals surface area contributed by atoms with Crippen molar-refractivity contribution in [2.24, 2.45) is 10.7 Å². The fraction of sp³-hybridized carbons (Fsp3) is 0.222. The molecule has 3 N–H and O–H groups in total. The van der Waals surface area contributed by atoms with Crippen LogP contribution in [0, 0.1) is 9.39 Å². The zero-order valence-corrected chi connectivity index (χ0v) is 16.5. The molecule has 3 aliphatic heterocycles. The Morgan fingerprint density at radius 2 is 2.08 bits per heavy atom. The summed E-state index contributed by atoms with van der Waals surface area (Å²) < 4.78 is 17.9. The SMILES string of the molecule is NC1=NC2(CCN3C(=O)c4c(Cl)cccc4I3C2)Nc2cccc(F)c21. The minimum absolute atomic E-state index is 0.0323. The second-order valence-electron chi connectivity index (χ2n) is 6.52. The Morgan fingerprint density at radius 1 is 1.27 bits per heavy atom. The number of aliphatic imine (C=N–C) groups is 1. The normalized spacial score (nSPS) is 24.7. The summed E-state index contributed by atoms with van der Waals surface area (Å²) in [5.41, 5.74) is 7.18. The molecule has 1 saturated heterocycles. The van der Waals surface area contributed by atoms with E-state index in [9.17, 15) is 9.18 Å². The van der Waals surface area contributed by atoms with Crippen molar-refractivity contribution in [1.29, 1.82) is 0 Å². The van der Waals surface area contributed by atoms with Gasteiger partial charge in [0.05, 0.1) is 0 Å². The number of halogens is 3. The molecule has 134 valence electrons. The van der Waals surface area contributed by atoms with Gasteiger partial charge in [-0.25, -0.2) is 0 Å². The molecule has 1 fully saturated rings. The Balaban J connectivity index is 1.57.